The third-order valence-corrected chi connectivity index (χ3v) is 6.80. The number of guanidine groups is 1. The van der Waals surface area contributed by atoms with Gasteiger partial charge in [-0.15, -0.1) is 24.0 Å². The van der Waals surface area contributed by atoms with Crippen LogP contribution < -0.4 is 5.32 Å². The molecule has 1 unspecified atom stereocenters. The Balaban J connectivity index is 0.00000256. The van der Waals surface area contributed by atoms with E-state index >= 15 is 0 Å². The maximum absolute atomic E-state index is 5.68. The SMILES string of the molecule is CCNC(=NCc1ccc(CN2CCCCCC2)cc1)N1CCC2(CCOC2)C1.I. The molecule has 3 fully saturated rings. The zero-order valence-corrected chi connectivity index (χ0v) is 20.9. The highest BCUT2D eigenvalue weighted by atomic mass is 127. The van der Waals surface area contributed by atoms with Crippen LogP contribution in [-0.4, -0.2) is 61.7 Å². The van der Waals surface area contributed by atoms with Crippen molar-refractivity contribution in [2.75, 3.05) is 45.9 Å². The molecule has 0 aromatic heterocycles. The molecule has 0 amide bonds. The van der Waals surface area contributed by atoms with Gasteiger partial charge in [0.05, 0.1) is 13.2 Å². The lowest BCUT2D eigenvalue weighted by atomic mass is 9.87. The van der Waals surface area contributed by atoms with Crippen LogP contribution in [0.1, 0.15) is 56.6 Å². The summed E-state index contributed by atoms with van der Waals surface area (Å²) in [6.07, 6.45) is 7.91. The van der Waals surface area contributed by atoms with E-state index in [1.54, 1.807) is 0 Å². The van der Waals surface area contributed by atoms with Gasteiger partial charge >= 0.3 is 0 Å². The van der Waals surface area contributed by atoms with Gasteiger partial charge in [0, 0.05) is 38.2 Å². The number of benzene rings is 1. The second-order valence-electron chi connectivity index (χ2n) is 9.15. The molecule has 0 radical (unpaired) electrons. The molecule has 1 atom stereocenters. The van der Waals surface area contributed by atoms with Crippen molar-refractivity contribution in [2.24, 2.45) is 10.4 Å². The molecule has 0 aliphatic carbocycles. The zero-order chi connectivity index (χ0) is 19.9. The molecule has 1 N–H and O–H groups in total. The highest BCUT2D eigenvalue weighted by molar-refractivity contribution is 14.0. The molecule has 0 bridgehead atoms. The van der Waals surface area contributed by atoms with E-state index in [1.807, 2.05) is 0 Å². The monoisotopic (exact) mass is 526 g/mol. The number of ether oxygens (including phenoxy) is 1. The van der Waals surface area contributed by atoms with Gasteiger partial charge in [0.2, 0.25) is 0 Å². The van der Waals surface area contributed by atoms with E-state index in [2.05, 4.69) is 46.3 Å². The number of nitrogens with one attached hydrogen (secondary N) is 1. The normalized spacial score (nSPS) is 25.4. The number of aliphatic imine (C=N–C) groups is 1. The summed E-state index contributed by atoms with van der Waals surface area (Å²) in [7, 11) is 0. The summed E-state index contributed by atoms with van der Waals surface area (Å²) in [5.74, 6) is 1.06. The predicted octanol–water partition coefficient (Wildman–Crippen LogP) is 4.26. The van der Waals surface area contributed by atoms with Gasteiger partial charge in [-0.2, -0.15) is 0 Å². The molecule has 6 heteroatoms. The maximum atomic E-state index is 5.68. The highest BCUT2D eigenvalue weighted by Crippen LogP contribution is 2.38. The quantitative estimate of drug-likeness (QED) is 0.354. The van der Waals surface area contributed by atoms with Crippen LogP contribution in [-0.2, 0) is 17.8 Å². The van der Waals surface area contributed by atoms with Crippen molar-refractivity contribution in [3.8, 4) is 0 Å². The van der Waals surface area contributed by atoms with Crippen LogP contribution in [0.4, 0.5) is 0 Å². The number of halogens is 1. The van der Waals surface area contributed by atoms with E-state index < -0.39 is 0 Å². The van der Waals surface area contributed by atoms with Crippen LogP contribution >= 0.6 is 24.0 Å². The average Bonchev–Trinajstić information content (AvgIpc) is 3.30. The van der Waals surface area contributed by atoms with Gasteiger partial charge in [-0.3, -0.25) is 4.90 Å². The van der Waals surface area contributed by atoms with Crippen molar-refractivity contribution in [2.45, 2.75) is 58.5 Å². The first-order valence-corrected chi connectivity index (χ1v) is 11.7. The topological polar surface area (TPSA) is 40.1 Å². The average molecular weight is 527 g/mol. The van der Waals surface area contributed by atoms with Gasteiger partial charge in [-0.25, -0.2) is 4.99 Å². The second kappa shape index (κ2) is 11.7. The van der Waals surface area contributed by atoms with Gasteiger partial charge in [0.1, 0.15) is 0 Å². The van der Waals surface area contributed by atoms with Crippen molar-refractivity contribution in [3.63, 3.8) is 0 Å². The van der Waals surface area contributed by atoms with Gasteiger partial charge in [-0.1, -0.05) is 37.1 Å². The smallest absolute Gasteiger partial charge is 0.194 e. The van der Waals surface area contributed by atoms with Crippen molar-refractivity contribution in [1.29, 1.82) is 0 Å². The van der Waals surface area contributed by atoms with Gasteiger partial charge < -0.3 is 15.0 Å². The van der Waals surface area contributed by atoms with Crippen LogP contribution in [0, 0.1) is 5.41 Å². The molecule has 5 nitrogen and oxygen atoms in total. The molecule has 4 rings (SSSR count). The largest absolute Gasteiger partial charge is 0.381 e. The van der Waals surface area contributed by atoms with Crippen molar-refractivity contribution >= 4 is 29.9 Å². The van der Waals surface area contributed by atoms with E-state index in [4.69, 9.17) is 9.73 Å². The third kappa shape index (κ3) is 6.33. The highest BCUT2D eigenvalue weighted by Gasteiger charge is 2.42. The summed E-state index contributed by atoms with van der Waals surface area (Å²) >= 11 is 0. The molecular formula is C24H39IN4O. The van der Waals surface area contributed by atoms with E-state index in [9.17, 15) is 0 Å². The standard InChI is InChI=1S/C24H38N4O.HI/c1-2-25-23(28-15-11-24(19-28)12-16-29-20-24)26-17-21-7-9-22(10-8-21)18-27-13-5-3-4-6-14-27;/h7-10H,2-6,11-20H2,1H3,(H,25,26);1H. The molecule has 30 heavy (non-hydrogen) atoms. The Morgan fingerprint density at radius 2 is 1.77 bits per heavy atom. The van der Waals surface area contributed by atoms with Crippen molar-refractivity contribution in [1.82, 2.24) is 15.1 Å². The Morgan fingerprint density at radius 1 is 1.03 bits per heavy atom. The van der Waals surface area contributed by atoms with Crippen LogP contribution in [0.5, 0.6) is 0 Å². The minimum absolute atomic E-state index is 0. The van der Waals surface area contributed by atoms with Crippen LogP contribution in [0.2, 0.25) is 0 Å². The second-order valence-corrected chi connectivity index (χ2v) is 9.15. The lowest BCUT2D eigenvalue weighted by Gasteiger charge is -2.25. The lowest BCUT2D eigenvalue weighted by molar-refractivity contribution is 0.156. The van der Waals surface area contributed by atoms with E-state index in [1.165, 1.54) is 62.7 Å². The summed E-state index contributed by atoms with van der Waals surface area (Å²) in [4.78, 5) is 10.0. The summed E-state index contributed by atoms with van der Waals surface area (Å²) < 4.78 is 5.68. The molecule has 0 saturated carbocycles. The van der Waals surface area contributed by atoms with Crippen LogP contribution in [0.3, 0.4) is 0 Å². The third-order valence-electron chi connectivity index (χ3n) is 6.80. The Bertz CT molecular complexity index is 664. The summed E-state index contributed by atoms with van der Waals surface area (Å²) in [6, 6.07) is 9.11. The molecule has 168 valence electrons. The molecule has 3 aliphatic rings. The Labute approximate surface area is 199 Å². The molecular weight excluding hydrogens is 487 g/mol. The fourth-order valence-corrected chi connectivity index (χ4v) is 4.98. The van der Waals surface area contributed by atoms with E-state index in [-0.39, 0.29) is 24.0 Å². The van der Waals surface area contributed by atoms with Gasteiger partial charge in [0.25, 0.3) is 0 Å². The van der Waals surface area contributed by atoms with Gasteiger partial charge in [-0.05, 0) is 56.8 Å². The number of nitrogens with zero attached hydrogens (tertiary/aromatic N) is 3. The molecule has 1 aromatic carbocycles. The first-order valence-electron chi connectivity index (χ1n) is 11.7. The van der Waals surface area contributed by atoms with E-state index in [0.29, 0.717) is 5.41 Å². The van der Waals surface area contributed by atoms with E-state index in [0.717, 1.165) is 51.9 Å². The minimum atomic E-state index is 0. The van der Waals surface area contributed by atoms with Crippen molar-refractivity contribution < 1.29 is 4.74 Å². The van der Waals surface area contributed by atoms with Crippen molar-refractivity contribution in [3.05, 3.63) is 35.4 Å². The Hall–Kier alpha value is -0.860. The summed E-state index contributed by atoms with van der Waals surface area (Å²) in [5, 5.41) is 3.50. The predicted molar refractivity (Wildman–Crippen MR) is 134 cm³/mol. The molecule has 3 saturated heterocycles. The number of likely N-dealkylation sites (tertiary alicyclic amines) is 2. The first-order chi connectivity index (χ1) is 14.3. The Kier molecular flexibility index (Phi) is 9.26. The molecule has 1 aromatic rings. The molecule has 1 spiro atoms. The zero-order valence-electron chi connectivity index (χ0n) is 18.6. The number of rotatable bonds is 5. The van der Waals surface area contributed by atoms with Crippen LogP contribution in [0.15, 0.2) is 29.3 Å². The van der Waals surface area contributed by atoms with Crippen LogP contribution in [0.25, 0.3) is 0 Å². The number of hydrogen-bond acceptors (Lipinski definition) is 3. The fraction of sp³-hybridized carbons (Fsp3) is 0.708. The van der Waals surface area contributed by atoms with Gasteiger partial charge in [0.15, 0.2) is 5.96 Å². The lowest BCUT2D eigenvalue weighted by Crippen LogP contribution is -2.41. The minimum Gasteiger partial charge on any atom is -0.381 e. The fourth-order valence-electron chi connectivity index (χ4n) is 4.98. The first kappa shape index (κ1) is 23.8. The summed E-state index contributed by atoms with van der Waals surface area (Å²) in [6.45, 7) is 11.4. The maximum Gasteiger partial charge on any atom is 0.194 e. The Morgan fingerprint density at radius 3 is 2.43 bits per heavy atom. The number of hydrogen-bond donors (Lipinski definition) is 1. The molecule has 3 heterocycles. The summed E-state index contributed by atoms with van der Waals surface area (Å²) in [5.41, 5.74) is 3.08. The molecule has 3 aliphatic heterocycles.